The fraction of sp³-hybridized carbons (Fsp3) is 0.440. The van der Waals surface area contributed by atoms with E-state index >= 15 is 0 Å². The number of nitrogens with zero attached hydrogens (tertiary/aromatic N) is 4. The number of ether oxygens (including phenoxy) is 2. The number of carboxylic acids is 1. The molecule has 2 aromatic heterocycles. The lowest BCUT2D eigenvalue weighted by molar-refractivity contribution is -0.226. The average Bonchev–Trinajstić information content (AvgIpc) is 3.23. The van der Waals surface area contributed by atoms with Crippen molar-refractivity contribution in [3.63, 3.8) is 0 Å². The first-order valence-electron chi connectivity index (χ1n) is 11.3. The topological polar surface area (TPSA) is 99.4 Å². The number of pyridine rings is 1. The van der Waals surface area contributed by atoms with E-state index in [1.807, 2.05) is 22.9 Å². The molecule has 0 unspecified atom stereocenters. The molecule has 3 aromatic rings. The van der Waals surface area contributed by atoms with Crippen LogP contribution >= 0.6 is 0 Å². The molecule has 1 N–H and O–H groups in total. The van der Waals surface area contributed by atoms with Crippen LogP contribution in [0.2, 0.25) is 0 Å². The van der Waals surface area contributed by atoms with Crippen LogP contribution in [0.4, 0.5) is 0 Å². The van der Waals surface area contributed by atoms with Crippen LogP contribution in [0.15, 0.2) is 42.6 Å². The summed E-state index contributed by atoms with van der Waals surface area (Å²) in [5, 5.41) is 14.2. The van der Waals surface area contributed by atoms with E-state index in [0.717, 1.165) is 42.9 Å². The number of carbonyl (C=O) groups is 1. The Morgan fingerprint density at radius 3 is 2.45 bits per heavy atom. The molecule has 0 bridgehead atoms. The molecule has 8 nitrogen and oxygen atoms in total. The molecule has 0 radical (unpaired) electrons. The molecule has 0 spiro atoms. The SMILES string of the molecule is CCCCC(OC)(OC)c1nc(Cc2ccc(-c3ccccc3C(=O)O)cn2)n(CCC)n1. The van der Waals surface area contributed by atoms with E-state index < -0.39 is 11.8 Å². The summed E-state index contributed by atoms with van der Waals surface area (Å²) in [6.45, 7) is 4.94. The third-order valence-electron chi connectivity index (χ3n) is 5.68. The third kappa shape index (κ3) is 5.46. The van der Waals surface area contributed by atoms with Crippen molar-refractivity contribution in [3.8, 4) is 11.1 Å². The Balaban J connectivity index is 1.89. The molecule has 0 aliphatic carbocycles. The molecule has 176 valence electrons. The molecule has 1 aromatic carbocycles. The second-order valence-electron chi connectivity index (χ2n) is 7.91. The molecule has 0 aliphatic heterocycles. The molecule has 33 heavy (non-hydrogen) atoms. The van der Waals surface area contributed by atoms with Gasteiger partial charge in [0.1, 0.15) is 5.82 Å². The highest BCUT2D eigenvalue weighted by molar-refractivity contribution is 5.95. The van der Waals surface area contributed by atoms with E-state index in [1.54, 1.807) is 38.6 Å². The maximum atomic E-state index is 11.5. The summed E-state index contributed by atoms with van der Waals surface area (Å²) in [6.07, 6.45) is 5.72. The van der Waals surface area contributed by atoms with Gasteiger partial charge in [-0.1, -0.05) is 44.5 Å². The molecule has 8 heteroatoms. The van der Waals surface area contributed by atoms with Gasteiger partial charge in [0.05, 0.1) is 5.56 Å². The van der Waals surface area contributed by atoms with E-state index in [-0.39, 0.29) is 5.56 Å². The standard InChI is InChI=1S/C25H32N4O4/c1-5-7-14-25(32-3,33-4)24-27-22(29(28-24)15-6-2)16-19-13-12-18(17-26-19)20-10-8-9-11-21(20)23(30)31/h8-13,17H,5-7,14-16H2,1-4H3,(H,30,31). The zero-order valence-electron chi connectivity index (χ0n) is 19.7. The Bertz CT molecular complexity index is 1060. The predicted octanol–water partition coefficient (Wildman–Crippen LogP) is 4.67. The molecular weight excluding hydrogens is 420 g/mol. The van der Waals surface area contributed by atoms with Gasteiger partial charge in [0, 0.05) is 51.1 Å². The number of hydrogen-bond acceptors (Lipinski definition) is 6. The molecule has 3 rings (SSSR count). The van der Waals surface area contributed by atoms with Crippen LogP contribution in [0.5, 0.6) is 0 Å². The van der Waals surface area contributed by atoms with Gasteiger partial charge < -0.3 is 14.6 Å². The maximum Gasteiger partial charge on any atom is 0.336 e. The number of aromatic nitrogens is 4. The van der Waals surface area contributed by atoms with Crippen LogP contribution in [-0.4, -0.2) is 45.0 Å². The zero-order valence-corrected chi connectivity index (χ0v) is 19.7. The number of hydrogen-bond donors (Lipinski definition) is 1. The molecule has 0 atom stereocenters. The highest BCUT2D eigenvalue weighted by atomic mass is 16.7. The molecule has 0 saturated carbocycles. The van der Waals surface area contributed by atoms with E-state index in [9.17, 15) is 9.90 Å². The summed E-state index contributed by atoms with van der Waals surface area (Å²) in [7, 11) is 3.24. The van der Waals surface area contributed by atoms with Gasteiger partial charge in [-0.15, -0.1) is 0 Å². The van der Waals surface area contributed by atoms with Gasteiger partial charge in [0.2, 0.25) is 11.6 Å². The number of aryl methyl sites for hydroxylation is 1. The summed E-state index contributed by atoms with van der Waals surface area (Å²) < 4.78 is 13.4. The molecule has 0 fully saturated rings. The summed E-state index contributed by atoms with van der Waals surface area (Å²) in [6, 6.07) is 10.7. The number of methoxy groups -OCH3 is 2. The van der Waals surface area contributed by atoms with Gasteiger partial charge in [0.25, 0.3) is 0 Å². The van der Waals surface area contributed by atoms with E-state index in [1.165, 1.54) is 0 Å². The molecule has 0 saturated heterocycles. The van der Waals surface area contributed by atoms with Crippen molar-refractivity contribution < 1.29 is 19.4 Å². The van der Waals surface area contributed by atoms with Gasteiger partial charge in [-0.05, 0) is 30.5 Å². The lowest BCUT2D eigenvalue weighted by Gasteiger charge is -2.27. The van der Waals surface area contributed by atoms with E-state index in [0.29, 0.717) is 24.2 Å². The Labute approximate surface area is 194 Å². The smallest absolute Gasteiger partial charge is 0.336 e. The largest absolute Gasteiger partial charge is 0.478 e. The van der Waals surface area contributed by atoms with Crippen LogP contribution in [0.25, 0.3) is 11.1 Å². The van der Waals surface area contributed by atoms with Gasteiger partial charge >= 0.3 is 5.97 Å². The van der Waals surface area contributed by atoms with Crippen LogP contribution in [0.3, 0.4) is 0 Å². The Morgan fingerprint density at radius 1 is 1.09 bits per heavy atom. The average molecular weight is 453 g/mol. The Morgan fingerprint density at radius 2 is 1.85 bits per heavy atom. The van der Waals surface area contributed by atoms with Crippen LogP contribution < -0.4 is 0 Å². The minimum atomic E-state index is -0.971. The highest BCUT2D eigenvalue weighted by Gasteiger charge is 2.37. The van der Waals surface area contributed by atoms with E-state index in [2.05, 4.69) is 18.8 Å². The predicted molar refractivity (Wildman–Crippen MR) is 125 cm³/mol. The van der Waals surface area contributed by atoms with Crippen LogP contribution in [-0.2, 0) is 28.2 Å². The first-order chi connectivity index (χ1) is 16.0. The number of benzene rings is 1. The second kappa shape index (κ2) is 11.2. The zero-order chi connectivity index (χ0) is 23.8. The Kier molecular flexibility index (Phi) is 8.30. The fourth-order valence-corrected chi connectivity index (χ4v) is 3.82. The lowest BCUT2D eigenvalue weighted by atomic mass is 10.0. The van der Waals surface area contributed by atoms with E-state index in [4.69, 9.17) is 19.6 Å². The first kappa shape index (κ1) is 24.5. The van der Waals surface area contributed by atoms with Gasteiger partial charge in [-0.2, -0.15) is 5.10 Å². The number of aromatic carboxylic acids is 1. The second-order valence-corrected chi connectivity index (χ2v) is 7.91. The molecular formula is C25H32N4O4. The molecule has 2 heterocycles. The summed E-state index contributed by atoms with van der Waals surface area (Å²) in [5.74, 6) is -0.621. The normalized spacial score (nSPS) is 11.6. The monoisotopic (exact) mass is 452 g/mol. The van der Waals surface area contributed by atoms with Gasteiger partial charge in [-0.25, -0.2) is 14.5 Å². The summed E-state index contributed by atoms with van der Waals surface area (Å²) >= 11 is 0. The fourth-order valence-electron chi connectivity index (χ4n) is 3.82. The third-order valence-corrected chi connectivity index (χ3v) is 5.68. The number of unbranched alkanes of at least 4 members (excludes halogenated alkanes) is 1. The molecule has 0 aliphatic rings. The first-order valence-corrected chi connectivity index (χ1v) is 11.3. The van der Waals surface area contributed by atoms with Crippen molar-refractivity contribution in [2.24, 2.45) is 0 Å². The quantitative estimate of drug-likeness (QED) is 0.399. The van der Waals surface area contributed by atoms with Crippen molar-refractivity contribution in [1.82, 2.24) is 19.7 Å². The molecule has 0 amide bonds. The minimum Gasteiger partial charge on any atom is -0.478 e. The van der Waals surface area contributed by atoms with Crippen molar-refractivity contribution >= 4 is 5.97 Å². The van der Waals surface area contributed by atoms with Crippen molar-refractivity contribution in [3.05, 3.63) is 65.5 Å². The van der Waals surface area contributed by atoms with Crippen molar-refractivity contribution in [2.75, 3.05) is 14.2 Å². The van der Waals surface area contributed by atoms with Gasteiger partial charge in [-0.3, -0.25) is 4.98 Å². The van der Waals surface area contributed by atoms with Crippen molar-refractivity contribution in [2.45, 2.75) is 58.3 Å². The van der Waals surface area contributed by atoms with Crippen LogP contribution in [0.1, 0.15) is 67.2 Å². The van der Waals surface area contributed by atoms with Crippen molar-refractivity contribution in [1.29, 1.82) is 0 Å². The summed E-state index contributed by atoms with van der Waals surface area (Å²) in [5.41, 5.74) is 2.46. The van der Waals surface area contributed by atoms with Crippen LogP contribution in [0, 0.1) is 0 Å². The minimum absolute atomic E-state index is 0.252. The number of carboxylic acid groups (broad SMARTS) is 1. The number of rotatable bonds is 12. The maximum absolute atomic E-state index is 11.5. The summed E-state index contributed by atoms with van der Waals surface area (Å²) in [4.78, 5) is 20.9. The lowest BCUT2D eigenvalue weighted by Crippen LogP contribution is -2.32. The highest BCUT2D eigenvalue weighted by Crippen LogP contribution is 2.30. The van der Waals surface area contributed by atoms with Gasteiger partial charge in [0.15, 0.2) is 0 Å². The Hall–Kier alpha value is -3.10.